The summed E-state index contributed by atoms with van der Waals surface area (Å²) < 4.78 is 0. The van der Waals surface area contributed by atoms with Crippen molar-refractivity contribution in [1.82, 2.24) is 31.1 Å². The monoisotopic (exact) mass is 718 g/mol. The molecule has 5 rings (SSSR count). The Hall–Kier alpha value is -4.22. The van der Waals surface area contributed by atoms with Crippen LogP contribution in [0.15, 0.2) is 36.9 Å². The van der Waals surface area contributed by atoms with E-state index in [9.17, 15) is 28.8 Å². The van der Waals surface area contributed by atoms with E-state index in [2.05, 4.69) is 41.7 Å². The standard InChI is InChI=1S/C40H58N6O6/c1-8-14-28(34(48)36(50)41-18-9-2)42-35(49)33-31-27(40(31,6)7)22-46(33)37(51)32(26-20-24-15-10-11-16-25(24)21-26)44-38(52)43-29(39(3,4)5)23-45-19-13-12-17-30(45)47/h9-11,15-16,26-29,31-33H,2,8,12-14,17-23H2,1,3-7H3,(H,41,50)(H,42,49)(H2,43,44,52)/t27-,28-,29+,31-,32-,33-/m0/s1. The maximum absolute atomic E-state index is 14.8. The molecule has 2 aliphatic heterocycles. The summed E-state index contributed by atoms with van der Waals surface area (Å²) in [6.07, 6.45) is 5.78. The van der Waals surface area contributed by atoms with Gasteiger partial charge in [0, 0.05) is 32.6 Å². The number of carbonyl (C=O) groups is 6. The molecule has 6 amide bonds. The van der Waals surface area contributed by atoms with Crippen LogP contribution in [0, 0.1) is 28.6 Å². The molecule has 1 aromatic carbocycles. The normalized spacial score (nSPS) is 23.8. The number of nitrogens with one attached hydrogen (secondary N) is 4. The van der Waals surface area contributed by atoms with Crippen molar-refractivity contribution in [2.75, 3.05) is 26.2 Å². The summed E-state index contributed by atoms with van der Waals surface area (Å²) in [5.41, 5.74) is 1.68. The van der Waals surface area contributed by atoms with Crippen LogP contribution in [-0.4, -0.2) is 95.6 Å². The molecule has 4 aliphatic rings. The summed E-state index contributed by atoms with van der Waals surface area (Å²) in [6, 6.07) is 4.32. The van der Waals surface area contributed by atoms with E-state index in [1.165, 1.54) is 6.08 Å². The summed E-state index contributed by atoms with van der Waals surface area (Å²) in [5.74, 6) is -2.56. The Bertz CT molecular complexity index is 1540. The second-order valence-corrected chi connectivity index (χ2v) is 16.8. The zero-order valence-electron chi connectivity index (χ0n) is 31.8. The summed E-state index contributed by atoms with van der Waals surface area (Å²) >= 11 is 0. The van der Waals surface area contributed by atoms with Gasteiger partial charge in [-0.05, 0) is 71.8 Å². The molecule has 2 saturated heterocycles. The van der Waals surface area contributed by atoms with Gasteiger partial charge in [-0.2, -0.15) is 0 Å². The quantitative estimate of drug-likeness (QED) is 0.171. The Balaban J connectivity index is 1.38. The van der Waals surface area contributed by atoms with Crippen molar-refractivity contribution in [3.05, 3.63) is 48.0 Å². The lowest BCUT2D eigenvalue weighted by Gasteiger charge is -2.38. The van der Waals surface area contributed by atoms with Crippen LogP contribution in [-0.2, 0) is 36.8 Å². The highest BCUT2D eigenvalue weighted by atomic mass is 16.2. The molecular weight excluding hydrogens is 660 g/mol. The molecule has 6 atom stereocenters. The number of rotatable bonds is 14. The van der Waals surface area contributed by atoms with Crippen molar-refractivity contribution in [2.24, 2.45) is 28.6 Å². The Morgan fingerprint density at radius 2 is 1.69 bits per heavy atom. The fourth-order valence-corrected chi connectivity index (χ4v) is 8.58. The van der Waals surface area contributed by atoms with Crippen LogP contribution < -0.4 is 21.3 Å². The Labute approximate surface area is 308 Å². The highest BCUT2D eigenvalue weighted by Crippen LogP contribution is 2.65. The minimum absolute atomic E-state index is 0.0750. The maximum Gasteiger partial charge on any atom is 0.315 e. The molecule has 0 unspecified atom stereocenters. The first-order valence-electron chi connectivity index (χ1n) is 19.0. The van der Waals surface area contributed by atoms with Gasteiger partial charge in [0.1, 0.15) is 12.1 Å². The number of piperidine rings is 2. The molecule has 3 fully saturated rings. The molecule has 52 heavy (non-hydrogen) atoms. The van der Waals surface area contributed by atoms with E-state index >= 15 is 0 Å². The molecule has 4 N–H and O–H groups in total. The molecule has 284 valence electrons. The first-order chi connectivity index (χ1) is 24.6. The number of hydrogen-bond acceptors (Lipinski definition) is 6. The average molecular weight is 719 g/mol. The van der Waals surface area contributed by atoms with Gasteiger partial charge in [-0.15, -0.1) is 6.58 Å². The third-order valence-corrected chi connectivity index (χ3v) is 11.9. The summed E-state index contributed by atoms with van der Waals surface area (Å²) in [5, 5.41) is 11.5. The summed E-state index contributed by atoms with van der Waals surface area (Å²) in [6.45, 7) is 17.2. The lowest BCUT2D eigenvalue weighted by Crippen LogP contribution is -2.62. The number of carbonyl (C=O) groups excluding carboxylic acids is 6. The van der Waals surface area contributed by atoms with Gasteiger partial charge in [-0.1, -0.05) is 78.3 Å². The highest BCUT2D eigenvalue weighted by Gasteiger charge is 2.69. The van der Waals surface area contributed by atoms with Gasteiger partial charge < -0.3 is 31.1 Å². The van der Waals surface area contributed by atoms with Crippen LogP contribution in [0.3, 0.4) is 0 Å². The number of likely N-dealkylation sites (tertiary alicyclic amines) is 2. The minimum Gasteiger partial charge on any atom is -0.346 e. The number of ketones is 1. The molecule has 0 bridgehead atoms. The van der Waals surface area contributed by atoms with Crippen molar-refractivity contribution < 1.29 is 28.8 Å². The molecule has 1 aromatic rings. The van der Waals surface area contributed by atoms with Crippen LogP contribution in [0.25, 0.3) is 0 Å². The average Bonchev–Trinajstić information content (AvgIpc) is 3.45. The zero-order valence-corrected chi connectivity index (χ0v) is 31.8. The van der Waals surface area contributed by atoms with Crippen molar-refractivity contribution in [1.29, 1.82) is 0 Å². The first-order valence-corrected chi connectivity index (χ1v) is 19.0. The van der Waals surface area contributed by atoms with E-state index in [0.29, 0.717) is 45.3 Å². The van der Waals surface area contributed by atoms with E-state index < -0.39 is 41.8 Å². The van der Waals surface area contributed by atoms with E-state index in [4.69, 9.17) is 0 Å². The fraction of sp³-hybridized carbons (Fsp3) is 0.650. The number of fused-ring (bicyclic) bond motifs is 2. The third-order valence-electron chi connectivity index (χ3n) is 11.9. The molecule has 12 heteroatoms. The number of Topliss-reactive ketones (excluding diaryl/α,β-unsaturated/α-hetero) is 1. The lowest BCUT2D eigenvalue weighted by atomic mass is 9.86. The fourth-order valence-electron chi connectivity index (χ4n) is 8.58. The van der Waals surface area contributed by atoms with Crippen LogP contribution in [0.2, 0.25) is 0 Å². The predicted octanol–water partition coefficient (Wildman–Crippen LogP) is 3.14. The largest absolute Gasteiger partial charge is 0.346 e. The van der Waals surface area contributed by atoms with Crippen LogP contribution in [0.5, 0.6) is 0 Å². The van der Waals surface area contributed by atoms with Gasteiger partial charge in [-0.3, -0.25) is 24.0 Å². The van der Waals surface area contributed by atoms with Crippen LogP contribution in [0.1, 0.15) is 84.8 Å². The number of benzene rings is 1. The van der Waals surface area contributed by atoms with Crippen molar-refractivity contribution in [3.63, 3.8) is 0 Å². The van der Waals surface area contributed by atoms with Gasteiger partial charge >= 0.3 is 6.03 Å². The van der Waals surface area contributed by atoms with E-state index in [1.54, 1.807) is 4.90 Å². The topological polar surface area (TPSA) is 157 Å². The molecule has 1 saturated carbocycles. The number of amides is 6. The van der Waals surface area contributed by atoms with Gasteiger partial charge in [0.2, 0.25) is 23.5 Å². The second-order valence-electron chi connectivity index (χ2n) is 16.8. The third kappa shape index (κ3) is 8.36. The minimum atomic E-state index is -1.04. The number of urea groups is 1. The van der Waals surface area contributed by atoms with E-state index in [-0.39, 0.29) is 59.4 Å². The van der Waals surface area contributed by atoms with Crippen LogP contribution >= 0.6 is 0 Å². The first kappa shape index (κ1) is 39.0. The smallest absolute Gasteiger partial charge is 0.315 e. The maximum atomic E-state index is 14.8. The van der Waals surface area contributed by atoms with Gasteiger partial charge in [-0.25, -0.2) is 4.79 Å². The molecule has 0 radical (unpaired) electrons. The van der Waals surface area contributed by atoms with Crippen molar-refractivity contribution >= 4 is 35.4 Å². The van der Waals surface area contributed by atoms with Gasteiger partial charge in [0.25, 0.3) is 5.91 Å². The van der Waals surface area contributed by atoms with E-state index in [0.717, 1.165) is 24.0 Å². The van der Waals surface area contributed by atoms with Gasteiger partial charge in [0.05, 0.1) is 12.1 Å². The SMILES string of the molecule is C=CCNC(=O)C(=O)[C@H](CCC)NC(=O)[C@@H]1[C@@H]2[C@H](CN1C(=O)[C@@H](NC(=O)N[C@H](CN1CCCCC1=O)C(C)(C)C)C1Cc3ccccc3C1)C2(C)C. The van der Waals surface area contributed by atoms with Gasteiger partial charge in [0.15, 0.2) is 0 Å². The Kier molecular flexibility index (Phi) is 11.8. The molecule has 0 spiro atoms. The zero-order chi connectivity index (χ0) is 38.0. The van der Waals surface area contributed by atoms with Crippen LogP contribution in [0.4, 0.5) is 4.79 Å². The predicted molar refractivity (Wildman–Crippen MR) is 198 cm³/mol. The second kappa shape index (κ2) is 15.8. The lowest BCUT2D eigenvalue weighted by molar-refractivity contribution is -0.144. The summed E-state index contributed by atoms with van der Waals surface area (Å²) in [4.78, 5) is 84.8. The van der Waals surface area contributed by atoms with Crippen molar-refractivity contribution in [2.45, 2.75) is 111 Å². The van der Waals surface area contributed by atoms with E-state index in [1.807, 2.05) is 56.9 Å². The molecule has 0 aromatic heterocycles. The Morgan fingerprint density at radius 3 is 2.29 bits per heavy atom. The number of nitrogens with zero attached hydrogens (tertiary/aromatic N) is 2. The molecular formula is C40H58N6O6. The Morgan fingerprint density at radius 1 is 1.02 bits per heavy atom. The highest BCUT2D eigenvalue weighted by molar-refractivity contribution is 6.38. The molecule has 12 nitrogen and oxygen atoms in total. The van der Waals surface area contributed by atoms with Crippen molar-refractivity contribution in [3.8, 4) is 0 Å². The molecule has 2 heterocycles. The summed E-state index contributed by atoms with van der Waals surface area (Å²) in [7, 11) is 0. The number of hydrogen-bond donors (Lipinski definition) is 4. The molecule has 2 aliphatic carbocycles.